The van der Waals surface area contributed by atoms with Gasteiger partial charge in [-0.1, -0.05) is 24.8 Å². The quantitative estimate of drug-likeness (QED) is 0.477. The summed E-state index contributed by atoms with van der Waals surface area (Å²) in [4.78, 5) is 16.6. The summed E-state index contributed by atoms with van der Waals surface area (Å²) >= 11 is 2.76. The highest BCUT2D eigenvalue weighted by molar-refractivity contribution is 8.00. The Morgan fingerprint density at radius 1 is 1.56 bits per heavy atom. The van der Waals surface area contributed by atoms with Crippen molar-refractivity contribution in [3.63, 3.8) is 0 Å². The van der Waals surface area contributed by atoms with E-state index in [0.717, 1.165) is 0 Å². The topological polar surface area (TPSA) is 85.8 Å². The van der Waals surface area contributed by atoms with Gasteiger partial charge in [-0.15, -0.1) is 28.1 Å². The van der Waals surface area contributed by atoms with Gasteiger partial charge in [-0.25, -0.2) is 4.98 Å². The van der Waals surface area contributed by atoms with Crippen molar-refractivity contribution in [1.29, 1.82) is 0 Å². The molecule has 3 rings (SSSR count). The molecule has 0 saturated heterocycles. The number of hydrogen-bond acceptors (Lipinski definition) is 7. The predicted molar refractivity (Wildman–Crippen MR) is 98.6 cm³/mol. The van der Waals surface area contributed by atoms with E-state index in [1.165, 1.54) is 23.1 Å². The monoisotopic (exact) mass is 375 g/mol. The number of nitrogens with one attached hydrogen (secondary N) is 1. The molecular weight excluding hydrogens is 358 g/mol. The van der Waals surface area contributed by atoms with Crippen LogP contribution >= 0.6 is 23.1 Å². The van der Waals surface area contributed by atoms with Gasteiger partial charge in [0, 0.05) is 18.1 Å². The second kappa shape index (κ2) is 8.13. The van der Waals surface area contributed by atoms with Crippen molar-refractivity contribution in [3.05, 3.63) is 42.6 Å². The molecule has 0 aliphatic rings. The van der Waals surface area contributed by atoms with E-state index < -0.39 is 0 Å². The van der Waals surface area contributed by atoms with E-state index in [9.17, 15) is 4.79 Å². The van der Waals surface area contributed by atoms with E-state index in [1.54, 1.807) is 24.6 Å². The van der Waals surface area contributed by atoms with Crippen LogP contribution in [0.4, 0.5) is 5.13 Å². The van der Waals surface area contributed by atoms with E-state index in [1.807, 2.05) is 22.9 Å². The third kappa shape index (κ3) is 3.99. The third-order valence-electron chi connectivity index (χ3n) is 3.34. The van der Waals surface area contributed by atoms with Crippen molar-refractivity contribution in [3.8, 4) is 11.6 Å². The lowest BCUT2D eigenvalue weighted by Crippen LogP contribution is -2.25. The lowest BCUT2D eigenvalue weighted by Gasteiger charge is -2.13. The highest BCUT2D eigenvalue weighted by atomic mass is 32.2. The molecule has 3 aromatic heterocycles. The second-order valence-corrected chi connectivity index (χ2v) is 7.09. The van der Waals surface area contributed by atoms with Crippen LogP contribution in [0.3, 0.4) is 0 Å². The van der Waals surface area contributed by atoms with Crippen LogP contribution in [0.2, 0.25) is 0 Å². The first-order valence-electron chi connectivity index (χ1n) is 7.68. The van der Waals surface area contributed by atoms with Crippen molar-refractivity contribution in [2.75, 3.05) is 5.32 Å². The van der Waals surface area contributed by atoms with Crippen LogP contribution in [0.15, 0.2) is 52.2 Å². The second-order valence-electron chi connectivity index (χ2n) is 5.02. The fourth-order valence-corrected chi connectivity index (χ4v) is 3.67. The van der Waals surface area contributed by atoms with Crippen molar-refractivity contribution in [2.45, 2.75) is 30.3 Å². The number of thiazole rings is 1. The van der Waals surface area contributed by atoms with Gasteiger partial charge >= 0.3 is 0 Å². The maximum atomic E-state index is 12.5. The van der Waals surface area contributed by atoms with E-state index in [-0.39, 0.29) is 11.2 Å². The lowest BCUT2D eigenvalue weighted by atomic mass is 10.3. The molecule has 1 unspecified atom stereocenters. The zero-order valence-corrected chi connectivity index (χ0v) is 15.2. The number of amides is 1. The third-order valence-corrected chi connectivity index (χ3v) is 5.38. The van der Waals surface area contributed by atoms with Crippen LogP contribution in [0, 0.1) is 0 Å². The maximum absolute atomic E-state index is 12.5. The van der Waals surface area contributed by atoms with Crippen LogP contribution in [0.25, 0.3) is 11.6 Å². The normalized spacial score (nSPS) is 12.0. The molecular formula is C16H17N5O2S2. The Balaban J connectivity index is 1.80. The SMILES string of the molecule is C=CCn1c(SC(CC)C(=O)Nc2nccs2)nnc1-c1ccco1. The van der Waals surface area contributed by atoms with Crippen LogP contribution in [0.1, 0.15) is 13.3 Å². The molecule has 0 fully saturated rings. The number of hydrogen-bond donors (Lipinski definition) is 1. The molecule has 3 heterocycles. The molecule has 0 radical (unpaired) electrons. The number of carbonyl (C=O) groups excluding carboxylic acids is 1. The Morgan fingerprint density at radius 3 is 3.08 bits per heavy atom. The van der Waals surface area contributed by atoms with E-state index in [4.69, 9.17) is 4.42 Å². The lowest BCUT2D eigenvalue weighted by molar-refractivity contribution is -0.115. The van der Waals surface area contributed by atoms with Crippen molar-refractivity contribution in [1.82, 2.24) is 19.7 Å². The smallest absolute Gasteiger partial charge is 0.239 e. The highest BCUT2D eigenvalue weighted by Crippen LogP contribution is 2.29. The van der Waals surface area contributed by atoms with Crippen molar-refractivity contribution < 1.29 is 9.21 Å². The Labute approximate surface area is 153 Å². The fraction of sp³-hybridized carbons (Fsp3) is 0.250. The van der Waals surface area contributed by atoms with E-state index in [0.29, 0.717) is 34.8 Å². The van der Waals surface area contributed by atoms with Crippen LogP contribution in [0.5, 0.6) is 0 Å². The molecule has 1 N–H and O–H groups in total. The first-order valence-corrected chi connectivity index (χ1v) is 9.43. The zero-order valence-electron chi connectivity index (χ0n) is 13.6. The van der Waals surface area contributed by atoms with Gasteiger partial charge in [-0.05, 0) is 18.6 Å². The molecule has 0 saturated carbocycles. The Bertz CT molecular complexity index is 827. The number of anilines is 1. The number of rotatable bonds is 8. The molecule has 3 aromatic rings. The van der Waals surface area contributed by atoms with E-state index in [2.05, 4.69) is 27.1 Å². The molecule has 0 spiro atoms. The number of allylic oxidation sites excluding steroid dienone is 1. The molecule has 0 bridgehead atoms. The molecule has 7 nitrogen and oxygen atoms in total. The summed E-state index contributed by atoms with van der Waals surface area (Å²) in [7, 11) is 0. The van der Waals surface area contributed by atoms with E-state index >= 15 is 0 Å². The standard InChI is InChI=1S/C16H17N5O2S2/c1-3-8-21-13(11-6-5-9-23-11)19-20-16(21)25-12(4-2)14(22)18-15-17-7-10-24-15/h3,5-7,9-10,12H,1,4,8H2,2H3,(H,17,18,22). The first-order chi connectivity index (χ1) is 12.2. The Morgan fingerprint density at radius 2 is 2.44 bits per heavy atom. The molecule has 1 atom stereocenters. The zero-order chi connectivity index (χ0) is 17.6. The summed E-state index contributed by atoms with van der Waals surface area (Å²) in [5, 5.41) is 14.0. The Kier molecular flexibility index (Phi) is 5.67. The summed E-state index contributed by atoms with van der Waals surface area (Å²) in [5.74, 6) is 1.14. The number of carbonyl (C=O) groups is 1. The number of thioether (sulfide) groups is 1. The summed E-state index contributed by atoms with van der Waals surface area (Å²) in [6.45, 7) is 6.26. The van der Waals surface area contributed by atoms with Gasteiger partial charge in [0.15, 0.2) is 16.0 Å². The largest absolute Gasteiger partial charge is 0.461 e. The minimum atomic E-state index is -0.305. The first kappa shape index (κ1) is 17.4. The number of aromatic nitrogens is 4. The van der Waals surface area contributed by atoms with Gasteiger partial charge in [0.05, 0.1) is 11.5 Å². The Hall–Kier alpha value is -2.39. The average molecular weight is 375 g/mol. The summed E-state index contributed by atoms with van der Waals surface area (Å²) < 4.78 is 7.30. The molecule has 0 aliphatic heterocycles. The van der Waals surface area contributed by atoms with Gasteiger partial charge < -0.3 is 9.73 Å². The van der Waals surface area contributed by atoms with Gasteiger partial charge in [-0.2, -0.15) is 0 Å². The van der Waals surface area contributed by atoms with Crippen LogP contribution < -0.4 is 5.32 Å². The van der Waals surface area contributed by atoms with Crippen LogP contribution in [-0.2, 0) is 11.3 Å². The van der Waals surface area contributed by atoms with Crippen molar-refractivity contribution >= 4 is 34.1 Å². The molecule has 0 aliphatic carbocycles. The fourth-order valence-electron chi connectivity index (χ4n) is 2.18. The molecule has 9 heteroatoms. The number of furan rings is 1. The van der Waals surface area contributed by atoms with Gasteiger partial charge in [-0.3, -0.25) is 9.36 Å². The molecule has 0 aromatic carbocycles. The highest BCUT2D eigenvalue weighted by Gasteiger charge is 2.24. The minimum absolute atomic E-state index is 0.102. The average Bonchev–Trinajstić information content (AvgIpc) is 3.35. The van der Waals surface area contributed by atoms with Gasteiger partial charge in [0.2, 0.25) is 11.7 Å². The minimum Gasteiger partial charge on any atom is -0.461 e. The molecule has 130 valence electrons. The molecule has 25 heavy (non-hydrogen) atoms. The summed E-state index contributed by atoms with van der Waals surface area (Å²) in [6.07, 6.45) is 5.66. The maximum Gasteiger partial charge on any atom is 0.239 e. The summed E-state index contributed by atoms with van der Waals surface area (Å²) in [6, 6.07) is 3.62. The number of nitrogens with zero attached hydrogens (tertiary/aromatic N) is 4. The van der Waals surface area contributed by atoms with Crippen molar-refractivity contribution in [2.24, 2.45) is 0 Å². The summed E-state index contributed by atoms with van der Waals surface area (Å²) in [5.41, 5.74) is 0. The molecule has 1 amide bonds. The van der Waals surface area contributed by atoms with Gasteiger partial charge in [0.25, 0.3) is 0 Å². The van der Waals surface area contributed by atoms with Gasteiger partial charge in [0.1, 0.15) is 0 Å². The predicted octanol–water partition coefficient (Wildman–Crippen LogP) is 3.69. The van der Waals surface area contributed by atoms with Crippen LogP contribution in [-0.4, -0.2) is 30.9 Å².